The maximum Gasteiger partial charge on any atom is 0.255 e. The lowest BCUT2D eigenvalue weighted by Crippen LogP contribution is -2.12. The fourth-order valence-corrected chi connectivity index (χ4v) is 1.72. The summed E-state index contributed by atoms with van der Waals surface area (Å²) in [6, 6.07) is 10.2. The van der Waals surface area contributed by atoms with Crippen LogP contribution < -0.4 is 5.32 Å². The number of amides is 1. The molecule has 2 N–H and O–H groups in total. The first kappa shape index (κ1) is 14.0. The van der Waals surface area contributed by atoms with Gasteiger partial charge in [0.15, 0.2) is 0 Å². The Balaban J connectivity index is 2.13. The Kier molecular flexibility index (Phi) is 4.32. The SMILES string of the molecule is COCc1ccc(C(=O)Nc2cc(F)ccc2O)cc1. The van der Waals surface area contributed by atoms with Crippen LogP contribution in [0.5, 0.6) is 5.75 Å². The van der Waals surface area contributed by atoms with Gasteiger partial charge in [0, 0.05) is 18.7 Å². The summed E-state index contributed by atoms with van der Waals surface area (Å²) >= 11 is 0. The highest BCUT2D eigenvalue weighted by molar-refractivity contribution is 6.05. The van der Waals surface area contributed by atoms with Crippen LogP contribution in [0, 0.1) is 5.82 Å². The fraction of sp³-hybridized carbons (Fsp3) is 0.133. The number of ether oxygens (including phenoxy) is 1. The highest BCUT2D eigenvalue weighted by atomic mass is 19.1. The molecule has 0 saturated heterocycles. The molecule has 4 nitrogen and oxygen atoms in total. The summed E-state index contributed by atoms with van der Waals surface area (Å²) in [6.07, 6.45) is 0. The molecule has 0 unspecified atom stereocenters. The fourth-order valence-electron chi connectivity index (χ4n) is 1.72. The summed E-state index contributed by atoms with van der Waals surface area (Å²) in [7, 11) is 1.59. The number of carbonyl (C=O) groups is 1. The lowest BCUT2D eigenvalue weighted by molar-refractivity contribution is 0.102. The van der Waals surface area contributed by atoms with Crippen molar-refractivity contribution in [2.75, 3.05) is 12.4 Å². The number of carbonyl (C=O) groups excluding carboxylic acids is 1. The molecule has 0 atom stereocenters. The Labute approximate surface area is 115 Å². The van der Waals surface area contributed by atoms with Crippen LogP contribution in [0.25, 0.3) is 0 Å². The zero-order chi connectivity index (χ0) is 14.5. The third kappa shape index (κ3) is 3.33. The van der Waals surface area contributed by atoms with Gasteiger partial charge in [-0.2, -0.15) is 0 Å². The molecule has 0 saturated carbocycles. The van der Waals surface area contributed by atoms with Gasteiger partial charge in [0.05, 0.1) is 12.3 Å². The maximum atomic E-state index is 13.1. The van der Waals surface area contributed by atoms with E-state index in [2.05, 4.69) is 5.32 Å². The van der Waals surface area contributed by atoms with E-state index in [1.165, 1.54) is 6.07 Å². The van der Waals surface area contributed by atoms with Gasteiger partial charge in [-0.05, 0) is 29.8 Å². The number of halogens is 1. The van der Waals surface area contributed by atoms with E-state index in [1.54, 1.807) is 31.4 Å². The normalized spacial score (nSPS) is 10.3. The molecule has 0 aromatic heterocycles. The van der Waals surface area contributed by atoms with E-state index >= 15 is 0 Å². The number of rotatable bonds is 4. The summed E-state index contributed by atoms with van der Waals surface area (Å²) in [6.45, 7) is 0.465. The Hall–Kier alpha value is -2.40. The second-order valence-electron chi connectivity index (χ2n) is 4.25. The number of phenols is 1. The second kappa shape index (κ2) is 6.16. The Morgan fingerprint density at radius 1 is 1.25 bits per heavy atom. The summed E-state index contributed by atoms with van der Waals surface area (Å²) < 4.78 is 18.0. The van der Waals surface area contributed by atoms with Crippen molar-refractivity contribution in [3.8, 4) is 5.75 Å². The zero-order valence-corrected chi connectivity index (χ0v) is 10.9. The van der Waals surface area contributed by atoms with Crippen LogP contribution in [0.1, 0.15) is 15.9 Å². The van der Waals surface area contributed by atoms with Crippen molar-refractivity contribution in [3.05, 3.63) is 59.4 Å². The minimum atomic E-state index is -0.534. The van der Waals surface area contributed by atoms with E-state index < -0.39 is 11.7 Å². The molecule has 104 valence electrons. The second-order valence-corrected chi connectivity index (χ2v) is 4.25. The predicted molar refractivity (Wildman–Crippen MR) is 73.2 cm³/mol. The first-order valence-electron chi connectivity index (χ1n) is 5.98. The number of methoxy groups -OCH3 is 1. The van der Waals surface area contributed by atoms with Crippen molar-refractivity contribution in [3.63, 3.8) is 0 Å². The van der Waals surface area contributed by atoms with Crippen LogP contribution in [0.3, 0.4) is 0 Å². The van der Waals surface area contributed by atoms with Crippen molar-refractivity contribution >= 4 is 11.6 Å². The Bertz CT molecular complexity index is 611. The quantitative estimate of drug-likeness (QED) is 0.843. The smallest absolute Gasteiger partial charge is 0.255 e. The van der Waals surface area contributed by atoms with E-state index in [9.17, 15) is 14.3 Å². The van der Waals surface area contributed by atoms with Crippen LogP contribution in [0.15, 0.2) is 42.5 Å². The van der Waals surface area contributed by atoms with Crippen LogP contribution >= 0.6 is 0 Å². The lowest BCUT2D eigenvalue weighted by atomic mass is 10.1. The number of nitrogens with one attached hydrogen (secondary N) is 1. The molecule has 0 radical (unpaired) electrons. The molecule has 2 aromatic rings. The van der Waals surface area contributed by atoms with Gasteiger partial charge >= 0.3 is 0 Å². The highest BCUT2D eigenvalue weighted by Gasteiger charge is 2.09. The molecule has 0 aliphatic heterocycles. The predicted octanol–water partition coefficient (Wildman–Crippen LogP) is 2.93. The topological polar surface area (TPSA) is 58.6 Å². The minimum absolute atomic E-state index is 0.0379. The molecule has 0 spiro atoms. The van der Waals surface area contributed by atoms with Crippen LogP contribution in [0.4, 0.5) is 10.1 Å². The van der Waals surface area contributed by atoms with Crippen molar-refractivity contribution < 1.29 is 19.0 Å². The van der Waals surface area contributed by atoms with Gasteiger partial charge in [-0.1, -0.05) is 12.1 Å². The number of phenolic OH excluding ortho intramolecular Hbond substituents is 1. The van der Waals surface area contributed by atoms with Crippen LogP contribution in [-0.2, 0) is 11.3 Å². The summed E-state index contributed by atoms with van der Waals surface area (Å²) in [4.78, 5) is 12.0. The molecular formula is C15H14FNO3. The van der Waals surface area contributed by atoms with Crippen molar-refractivity contribution in [2.24, 2.45) is 0 Å². The first-order chi connectivity index (χ1) is 9.60. The van der Waals surface area contributed by atoms with E-state index in [-0.39, 0.29) is 11.4 Å². The zero-order valence-electron chi connectivity index (χ0n) is 10.9. The Morgan fingerprint density at radius 2 is 1.95 bits per heavy atom. The number of hydrogen-bond acceptors (Lipinski definition) is 3. The van der Waals surface area contributed by atoms with E-state index in [0.717, 1.165) is 17.7 Å². The summed E-state index contributed by atoms with van der Waals surface area (Å²) in [5.41, 5.74) is 1.39. The highest BCUT2D eigenvalue weighted by Crippen LogP contribution is 2.24. The van der Waals surface area contributed by atoms with Crippen molar-refractivity contribution in [1.29, 1.82) is 0 Å². The molecule has 2 rings (SSSR count). The number of anilines is 1. The van der Waals surface area contributed by atoms with Gasteiger partial charge in [-0.3, -0.25) is 4.79 Å². The molecule has 2 aromatic carbocycles. The van der Waals surface area contributed by atoms with Crippen LogP contribution in [-0.4, -0.2) is 18.1 Å². The summed E-state index contributed by atoms with van der Waals surface area (Å²) in [5.74, 6) is -1.14. The average molecular weight is 275 g/mol. The largest absolute Gasteiger partial charge is 0.506 e. The molecule has 1 amide bonds. The van der Waals surface area contributed by atoms with Gasteiger partial charge in [0.1, 0.15) is 11.6 Å². The molecule has 0 heterocycles. The molecule has 0 bridgehead atoms. The Morgan fingerprint density at radius 3 is 2.60 bits per heavy atom. The number of benzene rings is 2. The molecule has 0 aliphatic carbocycles. The van der Waals surface area contributed by atoms with Gasteiger partial charge in [0.2, 0.25) is 0 Å². The molecule has 20 heavy (non-hydrogen) atoms. The van der Waals surface area contributed by atoms with Gasteiger partial charge in [-0.25, -0.2) is 4.39 Å². The average Bonchev–Trinajstić information content (AvgIpc) is 2.44. The van der Waals surface area contributed by atoms with Crippen molar-refractivity contribution in [1.82, 2.24) is 0 Å². The summed E-state index contributed by atoms with van der Waals surface area (Å²) in [5, 5.41) is 12.0. The van der Waals surface area contributed by atoms with Gasteiger partial charge in [-0.15, -0.1) is 0 Å². The van der Waals surface area contributed by atoms with Crippen molar-refractivity contribution in [2.45, 2.75) is 6.61 Å². The standard InChI is InChI=1S/C15H14FNO3/c1-20-9-10-2-4-11(5-3-10)15(19)17-13-8-12(16)6-7-14(13)18/h2-8,18H,9H2,1H3,(H,17,19). The third-order valence-electron chi connectivity index (χ3n) is 2.73. The monoisotopic (exact) mass is 275 g/mol. The maximum absolute atomic E-state index is 13.1. The van der Waals surface area contributed by atoms with Gasteiger partial charge in [0.25, 0.3) is 5.91 Å². The van der Waals surface area contributed by atoms with Gasteiger partial charge < -0.3 is 15.2 Å². The molecule has 5 heteroatoms. The molecular weight excluding hydrogens is 261 g/mol. The van der Waals surface area contributed by atoms with Crippen LogP contribution in [0.2, 0.25) is 0 Å². The molecule has 0 fully saturated rings. The van der Waals surface area contributed by atoms with E-state index in [4.69, 9.17) is 4.74 Å². The first-order valence-corrected chi connectivity index (χ1v) is 5.98. The number of aromatic hydroxyl groups is 1. The lowest BCUT2D eigenvalue weighted by Gasteiger charge is -2.08. The third-order valence-corrected chi connectivity index (χ3v) is 2.73. The number of hydrogen-bond donors (Lipinski definition) is 2. The molecule has 0 aliphatic rings. The minimum Gasteiger partial charge on any atom is -0.506 e. The van der Waals surface area contributed by atoms with E-state index in [1.807, 2.05) is 0 Å². The van der Waals surface area contributed by atoms with E-state index in [0.29, 0.717) is 12.2 Å².